The summed E-state index contributed by atoms with van der Waals surface area (Å²) in [4.78, 5) is 35.6. The molecule has 150 valence electrons. The first-order valence-corrected chi connectivity index (χ1v) is 8.94. The third-order valence-electron chi connectivity index (χ3n) is 4.70. The highest BCUT2D eigenvalue weighted by atomic mass is 16.5. The van der Waals surface area contributed by atoms with Gasteiger partial charge in [-0.05, 0) is 24.6 Å². The summed E-state index contributed by atoms with van der Waals surface area (Å²) in [5.74, 6) is -3.04. The van der Waals surface area contributed by atoms with Crippen molar-refractivity contribution in [3.63, 3.8) is 0 Å². The van der Waals surface area contributed by atoms with Crippen LogP contribution in [0.25, 0.3) is 10.9 Å². The predicted molar refractivity (Wildman–Crippen MR) is 107 cm³/mol. The molecule has 0 aliphatic carbocycles. The van der Waals surface area contributed by atoms with E-state index in [-0.39, 0.29) is 17.9 Å². The molecule has 0 bridgehead atoms. The smallest absolute Gasteiger partial charge is 0.346 e. The number of carbonyl (C=O) groups is 3. The molecular weight excluding hydrogens is 374 g/mol. The van der Waals surface area contributed by atoms with Crippen LogP contribution in [0.15, 0.2) is 48.5 Å². The number of hydrogen-bond acceptors (Lipinski definition) is 5. The SMILES string of the molecule is Cc1c(C(=O)C(N)=O)c2c(OC(CN)C(=O)O)cccc2n1Cc1ccccc1. The van der Waals surface area contributed by atoms with Gasteiger partial charge < -0.3 is 25.9 Å². The molecule has 3 aromatic rings. The molecule has 1 aromatic heterocycles. The summed E-state index contributed by atoms with van der Waals surface area (Å²) < 4.78 is 7.45. The Hall–Kier alpha value is -3.65. The minimum absolute atomic E-state index is 0.0974. The van der Waals surface area contributed by atoms with Gasteiger partial charge in [-0.3, -0.25) is 9.59 Å². The monoisotopic (exact) mass is 395 g/mol. The van der Waals surface area contributed by atoms with Crippen molar-refractivity contribution in [2.75, 3.05) is 6.54 Å². The second-order valence-corrected chi connectivity index (χ2v) is 6.56. The van der Waals surface area contributed by atoms with E-state index < -0.39 is 23.8 Å². The Morgan fingerprint density at radius 2 is 1.79 bits per heavy atom. The van der Waals surface area contributed by atoms with Crippen molar-refractivity contribution in [1.82, 2.24) is 4.57 Å². The van der Waals surface area contributed by atoms with Gasteiger partial charge in [0, 0.05) is 18.8 Å². The number of ether oxygens (including phenoxy) is 1. The second kappa shape index (κ2) is 8.15. The van der Waals surface area contributed by atoms with E-state index >= 15 is 0 Å². The van der Waals surface area contributed by atoms with E-state index in [1.807, 2.05) is 34.9 Å². The van der Waals surface area contributed by atoms with Crippen LogP contribution < -0.4 is 16.2 Å². The zero-order valence-corrected chi connectivity index (χ0v) is 15.8. The maximum atomic E-state index is 12.6. The molecule has 0 aliphatic rings. The van der Waals surface area contributed by atoms with Crippen LogP contribution in [-0.2, 0) is 16.1 Å². The van der Waals surface area contributed by atoms with Crippen molar-refractivity contribution >= 4 is 28.6 Å². The van der Waals surface area contributed by atoms with Gasteiger partial charge in [-0.2, -0.15) is 0 Å². The summed E-state index contributed by atoms with van der Waals surface area (Å²) in [6.07, 6.45) is -1.30. The number of fused-ring (bicyclic) bond motifs is 1. The molecule has 3 rings (SSSR count). The van der Waals surface area contributed by atoms with E-state index in [0.29, 0.717) is 23.1 Å². The van der Waals surface area contributed by atoms with Gasteiger partial charge in [0.05, 0.1) is 16.5 Å². The Morgan fingerprint density at radius 3 is 2.38 bits per heavy atom. The zero-order chi connectivity index (χ0) is 21.1. The molecule has 5 N–H and O–H groups in total. The van der Waals surface area contributed by atoms with Crippen molar-refractivity contribution in [2.24, 2.45) is 11.5 Å². The standard InChI is InChI=1S/C21H21N3O5/c1-12-17(19(25)20(23)26)18-14(24(12)11-13-6-3-2-4-7-13)8-5-9-15(18)29-16(10-22)21(27)28/h2-9,16H,10-11,22H2,1H3,(H2,23,26)(H,27,28). The number of primary amides is 1. The van der Waals surface area contributed by atoms with E-state index in [0.717, 1.165) is 5.56 Å². The van der Waals surface area contributed by atoms with Gasteiger partial charge in [0.2, 0.25) is 6.10 Å². The molecule has 0 saturated carbocycles. The summed E-state index contributed by atoms with van der Waals surface area (Å²) in [6.45, 7) is 1.90. The molecule has 1 atom stereocenters. The van der Waals surface area contributed by atoms with Gasteiger partial charge in [-0.15, -0.1) is 0 Å². The van der Waals surface area contributed by atoms with E-state index in [9.17, 15) is 19.5 Å². The highest BCUT2D eigenvalue weighted by Gasteiger charge is 2.27. The maximum absolute atomic E-state index is 12.6. The fraction of sp³-hybridized carbons (Fsp3) is 0.190. The molecule has 1 heterocycles. The number of aromatic nitrogens is 1. The maximum Gasteiger partial charge on any atom is 0.346 e. The molecule has 8 heteroatoms. The molecule has 0 saturated heterocycles. The van der Waals surface area contributed by atoms with Crippen molar-refractivity contribution in [3.8, 4) is 5.75 Å². The molecule has 0 fully saturated rings. The fourth-order valence-electron chi connectivity index (χ4n) is 3.31. The predicted octanol–water partition coefficient (Wildman–Crippen LogP) is 1.46. The molecule has 8 nitrogen and oxygen atoms in total. The average Bonchev–Trinajstić information content (AvgIpc) is 2.98. The van der Waals surface area contributed by atoms with Gasteiger partial charge in [-0.1, -0.05) is 36.4 Å². The first-order valence-electron chi connectivity index (χ1n) is 8.94. The number of amides is 1. The van der Waals surface area contributed by atoms with Gasteiger partial charge in [-0.25, -0.2) is 4.79 Å². The molecule has 0 aliphatic heterocycles. The van der Waals surface area contributed by atoms with E-state index in [2.05, 4.69) is 0 Å². The highest BCUT2D eigenvalue weighted by molar-refractivity contribution is 6.45. The number of hydrogen-bond donors (Lipinski definition) is 3. The molecule has 0 spiro atoms. The van der Waals surface area contributed by atoms with Crippen LogP contribution >= 0.6 is 0 Å². The van der Waals surface area contributed by atoms with Gasteiger partial charge in [0.25, 0.3) is 11.7 Å². The summed E-state index contributed by atoms with van der Waals surface area (Å²) in [6, 6.07) is 14.6. The number of carboxylic acid groups (broad SMARTS) is 1. The van der Waals surface area contributed by atoms with Crippen molar-refractivity contribution in [2.45, 2.75) is 19.6 Å². The normalized spacial score (nSPS) is 11.9. The Balaban J connectivity index is 2.24. The lowest BCUT2D eigenvalue weighted by atomic mass is 10.1. The number of carboxylic acids is 1. The Morgan fingerprint density at radius 1 is 1.10 bits per heavy atom. The number of benzene rings is 2. The topological polar surface area (TPSA) is 138 Å². The van der Waals surface area contributed by atoms with Crippen molar-refractivity contribution < 1.29 is 24.2 Å². The van der Waals surface area contributed by atoms with Gasteiger partial charge in [0.1, 0.15) is 5.75 Å². The third kappa shape index (κ3) is 3.83. The van der Waals surface area contributed by atoms with Crippen LogP contribution in [0.5, 0.6) is 5.75 Å². The molecular formula is C21H21N3O5. The quantitative estimate of drug-likeness (QED) is 0.390. The Bertz CT molecular complexity index is 1090. The van der Waals surface area contributed by atoms with E-state index in [1.165, 1.54) is 6.07 Å². The van der Waals surface area contributed by atoms with Crippen LogP contribution in [0.4, 0.5) is 0 Å². The van der Waals surface area contributed by atoms with Crippen LogP contribution in [-0.4, -0.2) is 40.0 Å². The lowest BCUT2D eigenvalue weighted by Crippen LogP contribution is -2.34. The van der Waals surface area contributed by atoms with Crippen molar-refractivity contribution in [1.29, 1.82) is 0 Å². The van der Waals surface area contributed by atoms with Crippen LogP contribution in [0.1, 0.15) is 21.6 Å². The van der Waals surface area contributed by atoms with Crippen LogP contribution in [0.3, 0.4) is 0 Å². The second-order valence-electron chi connectivity index (χ2n) is 6.56. The van der Waals surface area contributed by atoms with Crippen LogP contribution in [0, 0.1) is 6.92 Å². The zero-order valence-electron chi connectivity index (χ0n) is 15.8. The molecule has 2 aromatic carbocycles. The lowest BCUT2D eigenvalue weighted by molar-refractivity contribution is -0.144. The van der Waals surface area contributed by atoms with E-state index in [4.69, 9.17) is 16.2 Å². The summed E-state index contributed by atoms with van der Waals surface area (Å²) in [5, 5.41) is 9.61. The number of nitrogens with two attached hydrogens (primary N) is 2. The molecule has 0 radical (unpaired) electrons. The highest BCUT2D eigenvalue weighted by Crippen LogP contribution is 2.35. The van der Waals surface area contributed by atoms with Crippen LogP contribution in [0.2, 0.25) is 0 Å². The number of Topliss-reactive ketones (excluding diaryl/α,β-unsaturated/α-hetero) is 1. The number of nitrogens with zero attached hydrogens (tertiary/aromatic N) is 1. The molecule has 29 heavy (non-hydrogen) atoms. The number of rotatable bonds is 8. The largest absolute Gasteiger partial charge is 0.478 e. The third-order valence-corrected chi connectivity index (χ3v) is 4.70. The van der Waals surface area contributed by atoms with Gasteiger partial charge in [0.15, 0.2) is 0 Å². The summed E-state index contributed by atoms with van der Waals surface area (Å²) in [5.41, 5.74) is 13.0. The molecule has 1 amide bonds. The fourth-order valence-corrected chi connectivity index (χ4v) is 3.31. The minimum atomic E-state index is -1.30. The minimum Gasteiger partial charge on any atom is -0.478 e. The number of carbonyl (C=O) groups excluding carboxylic acids is 2. The number of ketones is 1. The first-order chi connectivity index (χ1) is 13.8. The molecule has 1 unspecified atom stereocenters. The summed E-state index contributed by atoms with van der Waals surface area (Å²) in [7, 11) is 0. The Kier molecular flexibility index (Phi) is 5.65. The lowest BCUT2D eigenvalue weighted by Gasteiger charge is -2.14. The summed E-state index contributed by atoms with van der Waals surface area (Å²) >= 11 is 0. The van der Waals surface area contributed by atoms with Gasteiger partial charge >= 0.3 is 5.97 Å². The number of aliphatic carboxylic acids is 1. The average molecular weight is 395 g/mol. The first kappa shape index (κ1) is 20.1. The Labute approximate surface area is 166 Å². The van der Waals surface area contributed by atoms with E-state index in [1.54, 1.807) is 19.1 Å². The van der Waals surface area contributed by atoms with Crippen molar-refractivity contribution in [3.05, 3.63) is 65.4 Å².